The van der Waals surface area contributed by atoms with E-state index < -0.39 is 6.16 Å². The second kappa shape index (κ2) is 8.12. The lowest BCUT2D eigenvalue weighted by Crippen LogP contribution is -2.26. The summed E-state index contributed by atoms with van der Waals surface area (Å²) in [5.41, 5.74) is 6.18. The Morgan fingerprint density at radius 3 is 2.45 bits per heavy atom. The molecule has 0 radical (unpaired) electrons. The van der Waals surface area contributed by atoms with Crippen LogP contribution in [0.25, 0.3) is 0 Å². The third-order valence-corrected chi connectivity index (χ3v) is 3.56. The van der Waals surface area contributed by atoms with Crippen molar-refractivity contribution < 1.29 is 14.3 Å². The Morgan fingerprint density at radius 2 is 1.90 bits per heavy atom. The highest BCUT2D eigenvalue weighted by molar-refractivity contribution is 5.85. The first kappa shape index (κ1) is 18.7. The number of nitrogens with two attached hydrogens (primary N) is 1. The summed E-state index contributed by atoms with van der Waals surface area (Å²) in [6.45, 7) is 8.99. The number of hydrogen-bond donors (Lipinski definition) is 1. The molecule has 0 bridgehead atoms. The van der Waals surface area contributed by atoms with E-state index in [0.29, 0.717) is 11.7 Å². The monoisotopic (exact) mass is 301 g/mol. The van der Waals surface area contributed by atoms with E-state index in [0.717, 1.165) is 5.56 Å². The molecule has 0 aliphatic carbocycles. The number of carbonyl (C=O) groups excluding carboxylic acids is 1. The highest BCUT2D eigenvalue weighted by Crippen LogP contribution is 2.37. The van der Waals surface area contributed by atoms with Crippen molar-refractivity contribution in [1.82, 2.24) is 0 Å². The van der Waals surface area contributed by atoms with Gasteiger partial charge in [0.05, 0.1) is 0 Å². The predicted octanol–water partition coefficient (Wildman–Crippen LogP) is 3.52. The van der Waals surface area contributed by atoms with E-state index in [1.807, 2.05) is 18.2 Å². The molecule has 1 rings (SSSR count). The molecule has 0 spiro atoms. The largest absolute Gasteiger partial charge is 0.513 e. The Bertz CT molecular complexity index is 433. The van der Waals surface area contributed by atoms with E-state index in [-0.39, 0.29) is 31.0 Å². The smallest absolute Gasteiger partial charge is 0.433 e. The quantitative estimate of drug-likeness (QED) is 0.668. The van der Waals surface area contributed by atoms with Crippen LogP contribution in [0, 0.1) is 5.92 Å². The van der Waals surface area contributed by atoms with Crippen molar-refractivity contribution in [2.24, 2.45) is 11.7 Å². The Hall–Kier alpha value is -1.26. The van der Waals surface area contributed by atoms with Crippen LogP contribution in [-0.2, 0) is 10.2 Å². The van der Waals surface area contributed by atoms with E-state index in [2.05, 4.69) is 27.7 Å². The van der Waals surface area contributed by atoms with Crippen LogP contribution in [0.2, 0.25) is 0 Å². The second-order valence-electron chi connectivity index (χ2n) is 5.36. The number of benzene rings is 1. The van der Waals surface area contributed by atoms with E-state index >= 15 is 0 Å². The van der Waals surface area contributed by atoms with Crippen LogP contribution in [0.1, 0.15) is 33.3 Å². The molecule has 0 aromatic heterocycles. The highest BCUT2D eigenvalue weighted by atomic mass is 35.5. The number of hydrogen-bond acceptors (Lipinski definition) is 4. The van der Waals surface area contributed by atoms with Gasteiger partial charge in [-0.2, -0.15) is 0 Å². The molecule has 0 atom stereocenters. The third kappa shape index (κ3) is 4.69. The predicted molar refractivity (Wildman–Crippen MR) is 82.6 cm³/mol. The van der Waals surface area contributed by atoms with Crippen molar-refractivity contribution in [2.45, 2.75) is 33.1 Å². The number of rotatable bonds is 5. The maximum atomic E-state index is 11.5. The summed E-state index contributed by atoms with van der Waals surface area (Å²) in [6.07, 6.45) is -0.711. The van der Waals surface area contributed by atoms with Gasteiger partial charge in [-0.05, 0) is 17.4 Å². The Labute approximate surface area is 127 Å². The summed E-state index contributed by atoms with van der Waals surface area (Å²) in [5, 5.41) is 0. The lowest BCUT2D eigenvalue weighted by atomic mass is 9.75. The van der Waals surface area contributed by atoms with Crippen molar-refractivity contribution in [3.8, 4) is 5.75 Å². The minimum atomic E-state index is -0.711. The fraction of sp³-hybridized carbons (Fsp3) is 0.533. The van der Waals surface area contributed by atoms with Gasteiger partial charge in [-0.3, -0.25) is 0 Å². The first-order chi connectivity index (χ1) is 8.89. The van der Waals surface area contributed by atoms with E-state index in [9.17, 15) is 4.79 Å². The number of ether oxygens (including phenoxy) is 2. The van der Waals surface area contributed by atoms with Crippen LogP contribution in [0.15, 0.2) is 24.3 Å². The molecule has 0 aliphatic heterocycles. The van der Waals surface area contributed by atoms with Gasteiger partial charge in [0.1, 0.15) is 12.4 Å². The number of halogens is 1. The standard InChI is InChI=1S/C15H23NO3.ClH/c1-11(2)15(3,4)12-7-5-6-8-13(12)19-14(17)18-10-9-16;/h5-8,11H,9-10,16H2,1-4H3;1H. The first-order valence-electron chi connectivity index (χ1n) is 6.53. The van der Waals surface area contributed by atoms with E-state index in [1.165, 1.54) is 0 Å². The molecule has 114 valence electrons. The van der Waals surface area contributed by atoms with Gasteiger partial charge < -0.3 is 15.2 Å². The van der Waals surface area contributed by atoms with Crippen molar-refractivity contribution in [3.05, 3.63) is 29.8 Å². The normalized spacial score (nSPS) is 10.9. The summed E-state index contributed by atoms with van der Waals surface area (Å²) in [4.78, 5) is 11.5. The zero-order chi connectivity index (χ0) is 14.5. The van der Waals surface area contributed by atoms with Gasteiger partial charge in [0.15, 0.2) is 0 Å². The Balaban J connectivity index is 0.00000361. The lowest BCUT2D eigenvalue weighted by molar-refractivity contribution is 0.101. The zero-order valence-corrected chi connectivity index (χ0v) is 13.3. The minimum Gasteiger partial charge on any atom is -0.433 e. The van der Waals surface area contributed by atoms with Gasteiger partial charge in [0.2, 0.25) is 0 Å². The molecule has 2 N–H and O–H groups in total. The van der Waals surface area contributed by atoms with Gasteiger partial charge in [-0.1, -0.05) is 45.9 Å². The SMILES string of the molecule is CC(C)C(C)(C)c1ccccc1OC(=O)OCCN.Cl. The highest BCUT2D eigenvalue weighted by Gasteiger charge is 2.28. The van der Waals surface area contributed by atoms with Crippen LogP contribution in [-0.4, -0.2) is 19.3 Å². The molecule has 1 aromatic rings. The van der Waals surface area contributed by atoms with Crippen LogP contribution in [0.4, 0.5) is 4.79 Å². The average molecular weight is 302 g/mol. The molecule has 0 unspecified atom stereocenters. The molecule has 0 saturated heterocycles. The molecule has 0 amide bonds. The Kier molecular flexibility index (Phi) is 7.61. The van der Waals surface area contributed by atoms with E-state index in [1.54, 1.807) is 6.07 Å². The molecule has 0 heterocycles. The van der Waals surface area contributed by atoms with Crippen LogP contribution in [0.3, 0.4) is 0 Å². The topological polar surface area (TPSA) is 61.5 Å². The van der Waals surface area contributed by atoms with Gasteiger partial charge in [-0.25, -0.2) is 4.79 Å². The van der Waals surface area contributed by atoms with Crippen LogP contribution >= 0.6 is 12.4 Å². The van der Waals surface area contributed by atoms with E-state index in [4.69, 9.17) is 15.2 Å². The summed E-state index contributed by atoms with van der Waals surface area (Å²) in [7, 11) is 0. The van der Waals surface area contributed by atoms with Crippen molar-refractivity contribution in [2.75, 3.05) is 13.2 Å². The molecule has 0 fully saturated rings. The summed E-state index contributed by atoms with van der Waals surface area (Å²) in [5.74, 6) is 0.959. The van der Waals surface area contributed by atoms with Gasteiger partial charge >= 0.3 is 6.16 Å². The van der Waals surface area contributed by atoms with Crippen molar-refractivity contribution >= 4 is 18.6 Å². The molecule has 4 nitrogen and oxygen atoms in total. The lowest BCUT2D eigenvalue weighted by Gasteiger charge is -2.31. The number of carbonyl (C=O) groups is 1. The minimum absolute atomic E-state index is 0. The first-order valence-corrected chi connectivity index (χ1v) is 6.53. The molecule has 0 saturated carbocycles. The van der Waals surface area contributed by atoms with Crippen LogP contribution in [0.5, 0.6) is 5.75 Å². The Morgan fingerprint density at radius 1 is 1.30 bits per heavy atom. The van der Waals surface area contributed by atoms with Crippen LogP contribution < -0.4 is 10.5 Å². The van der Waals surface area contributed by atoms with Gasteiger partial charge in [0, 0.05) is 12.1 Å². The zero-order valence-electron chi connectivity index (χ0n) is 12.5. The summed E-state index contributed by atoms with van der Waals surface area (Å²) < 4.78 is 10.1. The van der Waals surface area contributed by atoms with Gasteiger partial charge in [0.25, 0.3) is 0 Å². The molecular weight excluding hydrogens is 278 g/mol. The molecule has 1 aromatic carbocycles. The summed E-state index contributed by atoms with van der Waals surface area (Å²) in [6, 6.07) is 7.54. The average Bonchev–Trinajstić information content (AvgIpc) is 2.36. The molecular formula is C15H24ClNO3. The fourth-order valence-corrected chi connectivity index (χ4v) is 1.66. The van der Waals surface area contributed by atoms with Crippen molar-refractivity contribution in [3.63, 3.8) is 0 Å². The van der Waals surface area contributed by atoms with Gasteiger partial charge in [-0.15, -0.1) is 12.4 Å². The second-order valence-corrected chi connectivity index (χ2v) is 5.36. The fourth-order valence-electron chi connectivity index (χ4n) is 1.66. The third-order valence-electron chi connectivity index (χ3n) is 3.56. The summed E-state index contributed by atoms with van der Waals surface area (Å²) >= 11 is 0. The number of para-hydroxylation sites is 1. The maximum absolute atomic E-state index is 11.5. The van der Waals surface area contributed by atoms with Crippen molar-refractivity contribution in [1.29, 1.82) is 0 Å². The molecule has 5 heteroatoms. The maximum Gasteiger partial charge on any atom is 0.513 e. The molecule has 20 heavy (non-hydrogen) atoms. The molecule has 0 aliphatic rings.